The minimum atomic E-state index is -1.22. The first kappa shape index (κ1) is 14.5. The van der Waals surface area contributed by atoms with Crippen molar-refractivity contribution in [3.63, 3.8) is 0 Å². The van der Waals surface area contributed by atoms with Gasteiger partial charge in [-0.15, -0.1) is 0 Å². The number of benzene rings is 1. The second-order valence-electron chi connectivity index (χ2n) is 3.78. The lowest BCUT2D eigenvalue weighted by atomic mass is 10.2. The largest absolute Gasteiger partial charge is 0.478 e. The van der Waals surface area contributed by atoms with Crippen molar-refractivity contribution in [2.75, 3.05) is 5.32 Å². The van der Waals surface area contributed by atoms with Crippen LogP contribution in [0.5, 0.6) is 0 Å². The fourth-order valence-electron chi connectivity index (χ4n) is 1.53. The SMILES string of the molecule is O=C(O)c1cccnc1C(=O)Nc1cc(Br)ccc1Cl. The number of anilines is 1. The highest BCUT2D eigenvalue weighted by Gasteiger charge is 2.18. The fraction of sp³-hybridized carbons (Fsp3) is 0. The number of hydrogen-bond donors (Lipinski definition) is 2. The number of nitrogens with one attached hydrogen (secondary N) is 1. The molecule has 0 aliphatic heterocycles. The van der Waals surface area contributed by atoms with Crippen molar-refractivity contribution in [3.05, 3.63) is 57.3 Å². The Morgan fingerprint density at radius 3 is 2.75 bits per heavy atom. The topological polar surface area (TPSA) is 79.3 Å². The summed E-state index contributed by atoms with van der Waals surface area (Å²) in [6.07, 6.45) is 1.35. The third kappa shape index (κ3) is 3.15. The van der Waals surface area contributed by atoms with Crippen LogP contribution in [0.25, 0.3) is 0 Å². The first-order valence-corrected chi connectivity index (χ1v) is 6.61. The van der Waals surface area contributed by atoms with Crippen LogP contribution in [0.1, 0.15) is 20.8 Å². The molecule has 0 fully saturated rings. The number of hydrogen-bond acceptors (Lipinski definition) is 3. The number of pyridine rings is 1. The maximum absolute atomic E-state index is 12.1. The predicted octanol–water partition coefficient (Wildman–Crippen LogP) is 3.45. The molecule has 2 aromatic rings. The minimum absolute atomic E-state index is 0.170. The Balaban J connectivity index is 2.33. The van der Waals surface area contributed by atoms with Crippen molar-refractivity contribution in [2.45, 2.75) is 0 Å². The number of rotatable bonds is 3. The van der Waals surface area contributed by atoms with E-state index in [0.717, 1.165) is 4.47 Å². The van der Waals surface area contributed by atoms with Crippen molar-refractivity contribution in [3.8, 4) is 0 Å². The number of carbonyl (C=O) groups is 2. The lowest BCUT2D eigenvalue weighted by molar-refractivity contribution is 0.0691. The Bertz CT molecular complexity index is 691. The third-order valence-corrected chi connectivity index (χ3v) is 3.25. The molecule has 0 radical (unpaired) electrons. The van der Waals surface area contributed by atoms with Gasteiger partial charge in [0.25, 0.3) is 5.91 Å². The summed E-state index contributed by atoms with van der Waals surface area (Å²) in [5, 5.41) is 11.9. The van der Waals surface area contributed by atoms with Gasteiger partial charge in [0.1, 0.15) is 5.69 Å². The second-order valence-corrected chi connectivity index (χ2v) is 5.11. The fourth-order valence-corrected chi connectivity index (χ4v) is 2.06. The molecular weight excluding hydrogens is 348 g/mol. The van der Waals surface area contributed by atoms with Crippen molar-refractivity contribution < 1.29 is 14.7 Å². The van der Waals surface area contributed by atoms with Crippen molar-refractivity contribution in [2.24, 2.45) is 0 Å². The first-order chi connectivity index (χ1) is 9.49. The summed E-state index contributed by atoms with van der Waals surface area (Å²) in [6.45, 7) is 0. The van der Waals surface area contributed by atoms with Gasteiger partial charge in [-0.3, -0.25) is 9.78 Å². The summed E-state index contributed by atoms with van der Waals surface area (Å²) < 4.78 is 0.733. The molecule has 1 aromatic carbocycles. The molecule has 1 amide bonds. The number of carboxylic acid groups (broad SMARTS) is 1. The van der Waals surface area contributed by atoms with Crippen molar-refractivity contribution >= 4 is 45.1 Å². The summed E-state index contributed by atoms with van der Waals surface area (Å²) in [4.78, 5) is 26.9. The van der Waals surface area contributed by atoms with Crippen molar-refractivity contribution in [1.29, 1.82) is 0 Å². The van der Waals surface area contributed by atoms with Gasteiger partial charge < -0.3 is 10.4 Å². The average Bonchev–Trinajstić information content (AvgIpc) is 2.42. The molecule has 0 unspecified atom stereocenters. The zero-order chi connectivity index (χ0) is 14.7. The first-order valence-electron chi connectivity index (χ1n) is 5.44. The van der Waals surface area contributed by atoms with Gasteiger partial charge in [-0.1, -0.05) is 27.5 Å². The molecule has 0 saturated heterocycles. The Kier molecular flexibility index (Phi) is 4.36. The molecule has 0 spiro atoms. The van der Waals surface area contributed by atoms with Crippen LogP contribution in [-0.4, -0.2) is 22.0 Å². The molecule has 0 saturated carbocycles. The van der Waals surface area contributed by atoms with Crippen LogP contribution in [0, 0.1) is 0 Å². The highest BCUT2D eigenvalue weighted by Crippen LogP contribution is 2.26. The minimum Gasteiger partial charge on any atom is -0.478 e. The van der Waals surface area contributed by atoms with Crippen LogP contribution in [0.2, 0.25) is 5.02 Å². The van der Waals surface area contributed by atoms with E-state index in [1.165, 1.54) is 18.3 Å². The molecule has 20 heavy (non-hydrogen) atoms. The van der Waals surface area contributed by atoms with E-state index < -0.39 is 11.9 Å². The zero-order valence-electron chi connectivity index (χ0n) is 9.93. The van der Waals surface area contributed by atoms with Crippen molar-refractivity contribution in [1.82, 2.24) is 4.98 Å². The number of aromatic carboxylic acids is 1. The van der Waals surface area contributed by atoms with E-state index in [0.29, 0.717) is 10.7 Å². The number of carbonyl (C=O) groups excluding carboxylic acids is 1. The molecule has 0 aliphatic carbocycles. The van der Waals surface area contributed by atoms with Crippen LogP contribution >= 0.6 is 27.5 Å². The molecule has 0 bridgehead atoms. The summed E-state index contributed by atoms with van der Waals surface area (Å²) in [6, 6.07) is 7.71. The number of halogens is 2. The Hall–Kier alpha value is -1.92. The van der Waals surface area contributed by atoms with E-state index in [1.54, 1.807) is 18.2 Å². The van der Waals surface area contributed by atoms with Gasteiger partial charge in [-0.25, -0.2) is 4.79 Å². The maximum atomic E-state index is 12.1. The molecule has 0 atom stereocenters. The smallest absolute Gasteiger partial charge is 0.338 e. The molecule has 1 aromatic heterocycles. The maximum Gasteiger partial charge on any atom is 0.338 e. The summed E-state index contributed by atoms with van der Waals surface area (Å²) in [7, 11) is 0. The second kappa shape index (κ2) is 6.02. The van der Waals surface area contributed by atoms with E-state index in [1.807, 2.05) is 0 Å². The van der Waals surface area contributed by atoms with Gasteiger partial charge in [0.2, 0.25) is 0 Å². The Labute approximate surface area is 127 Å². The van der Waals surface area contributed by atoms with E-state index >= 15 is 0 Å². The molecule has 102 valence electrons. The van der Waals surface area contributed by atoms with Crippen LogP contribution < -0.4 is 5.32 Å². The van der Waals surface area contributed by atoms with E-state index in [4.69, 9.17) is 16.7 Å². The summed E-state index contributed by atoms with van der Waals surface area (Å²) in [5.74, 6) is -1.86. The Morgan fingerprint density at radius 2 is 2.05 bits per heavy atom. The Morgan fingerprint density at radius 1 is 1.30 bits per heavy atom. The third-order valence-electron chi connectivity index (χ3n) is 2.43. The zero-order valence-corrected chi connectivity index (χ0v) is 12.3. The van der Waals surface area contributed by atoms with E-state index in [2.05, 4.69) is 26.2 Å². The molecule has 1 heterocycles. The highest BCUT2D eigenvalue weighted by molar-refractivity contribution is 9.10. The monoisotopic (exact) mass is 354 g/mol. The molecule has 2 rings (SSSR count). The number of carboxylic acids is 1. The van der Waals surface area contributed by atoms with Gasteiger partial charge >= 0.3 is 5.97 Å². The summed E-state index contributed by atoms with van der Waals surface area (Å²) >= 11 is 9.22. The average molecular weight is 356 g/mol. The lowest BCUT2D eigenvalue weighted by Gasteiger charge is -2.08. The van der Waals surface area contributed by atoms with Gasteiger partial charge in [0, 0.05) is 10.7 Å². The highest BCUT2D eigenvalue weighted by atomic mass is 79.9. The van der Waals surface area contributed by atoms with Gasteiger partial charge in [0.05, 0.1) is 16.3 Å². The van der Waals surface area contributed by atoms with E-state index in [9.17, 15) is 9.59 Å². The summed E-state index contributed by atoms with van der Waals surface area (Å²) in [5.41, 5.74) is 0.0280. The number of amides is 1. The normalized spacial score (nSPS) is 10.1. The van der Waals surface area contributed by atoms with Crippen LogP contribution in [0.4, 0.5) is 5.69 Å². The molecule has 7 heteroatoms. The van der Waals surface area contributed by atoms with E-state index in [-0.39, 0.29) is 11.3 Å². The van der Waals surface area contributed by atoms with Gasteiger partial charge in [-0.05, 0) is 30.3 Å². The molecule has 5 nitrogen and oxygen atoms in total. The number of aromatic nitrogens is 1. The van der Waals surface area contributed by atoms with Crippen LogP contribution in [-0.2, 0) is 0 Å². The molecule has 0 aliphatic rings. The molecular formula is C13H8BrClN2O3. The molecule has 2 N–H and O–H groups in total. The standard InChI is InChI=1S/C13H8BrClN2O3/c14-7-3-4-9(15)10(6-7)17-12(18)11-8(13(19)20)2-1-5-16-11/h1-6H,(H,17,18)(H,19,20). The lowest BCUT2D eigenvalue weighted by Crippen LogP contribution is -2.18. The number of nitrogens with zero attached hydrogens (tertiary/aromatic N) is 1. The van der Waals surface area contributed by atoms with Gasteiger partial charge in [-0.2, -0.15) is 0 Å². The van der Waals surface area contributed by atoms with Crippen LogP contribution in [0.3, 0.4) is 0 Å². The van der Waals surface area contributed by atoms with Crippen LogP contribution in [0.15, 0.2) is 41.0 Å². The quantitative estimate of drug-likeness (QED) is 0.884. The predicted molar refractivity (Wildman–Crippen MR) is 78.3 cm³/mol. The van der Waals surface area contributed by atoms with Gasteiger partial charge in [0.15, 0.2) is 0 Å².